The van der Waals surface area contributed by atoms with Crippen LogP contribution in [0, 0.1) is 6.92 Å². The van der Waals surface area contributed by atoms with E-state index < -0.39 is 12.1 Å². The van der Waals surface area contributed by atoms with Gasteiger partial charge in [-0.15, -0.1) is 11.8 Å². The molecule has 6 heteroatoms. The fourth-order valence-corrected chi connectivity index (χ4v) is 3.12. The van der Waals surface area contributed by atoms with Crippen molar-refractivity contribution in [3.05, 3.63) is 64.7 Å². The summed E-state index contributed by atoms with van der Waals surface area (Å²) >= 11 is 7.44. The molecular formula is C19H20ClNO3S. The number of rotatable bonds is 7. The lowest BCUT2D eigenvalue weighted by molar-refractivity contribution is -0.152. The summed E-state index contributed by atoms with van der Waals surface area (Å²) in [5, 5.41) is 3.31. The standard InChI is InChI=1S/C19H20ClNO3S/c1-13-7-3-6-10-17(13)25-12-18(22)24-14(2)19(23)21-11-15-8-4-5-9-16(15)20/h3-10,14H,11-12H2,1-2H3,(H,21,23)/t14-/m1/s1. The third kappa shape index (κ3) is 6.11. The molecule has 0 spiro atoms. The second-order valence-corrected chi connectivity index (χ2v) is 6.92. The summed E-state index contributed by atoms with van der Waals surface area (Å²) < 4.78 is 5.19. The molecule has 2 aromatic carbocycles. The molecular weight excluding hydrogens is 358 g/mol. The average molecular weight is 378 g/mol. The van der Waals surface area contributed by atoms with Crippen LogP contribution in [-0.2, 0) is 20.9 Å². The average Bonchev–Trinajstić information content (AvgIpc) is 2.60. The van der Waals surface area contributed by atoms with Gasteiger partial charge in [-0.25, -0.2) is 0 Å². The van der Waals surface area contributed by atoms with E-state index in [9.17, 15) is 9.59 Å². The van der Waals surface area contributed by atoms with Gasteiger partial charge < -0.3 is 10.1 Å². The van der Waals surface area contributed by atoms with Crippen LogP contribution in [-0.4, -0.2) is 23.7 Å². The molecule has 0 unspecified atom stereocenters. The van der Waals surface area contributed by atoms with Crippen LogP contribution in [0.3, 0.4) is 0 Å². The molecule has 1 N–H and O–H groups in total. The highest BCUT2D eigenvalue weighted by Crippen LogP contribution is 2.21. The van der Waals surface area contributed by atoms with E-state index in [2.05, 4.69) is 5.32 Å². The van der Waals surface area contributed by atoms with Gasteiger partial charge in [-0.1, -0.05) is 48.0 Å². The van der Waals surface area contributed by atoms with Gasteiger partial charge in [0.2, 0.25) is 0 Å². The van der Waals surface area contributed by atoms with Crippen LogP contribution in [0.15, 0.2) is 53.4 Å². The van der Waals surface area contributed by atoms with Gasteiger partial charge in [-0.05, 0) is 37.1 Å². The van der Waals surface area contributed by atoms with E-state index in [0.717, 1.165) is 16.0 Å². The molecule has 0 aliphatic rings. The summed E-state index contributed by atoms with van der Waals surface area (Å²) in [5.74, 6) is -0.615. The van der Waals surface area contributed by atoms with Crippen molar-refractivity contribution < 1.29 is 14.3 Å². The molecule has 0 radical (unpaired) electrons. The number of amides is 1. The number of benzene rings is 2. The Hall–Kier alpha value is -1.98. The number of hydrogen-bond donors (Lipinski definition) is 1. The molecule has 0 fully saturated rings. The van der Waals surface area contributed by atoms with Crippen LogP contribution in [0.4, 0.5) is 0 Å². The predicted molar refractivity (Wildman–Crippen MR) is 101 cm³/mol. The Kier molecular flexibility index (Phi) is 7.34. The Bertz CT molecular complexity index is 751. The number of carbonyl (C=O) groups is 2. The molecule has 4 nitrogen and oxygen atoms in total. The van der Waals surface area contributed by atoms with Crippen molar-refractivity contribution in [2.24, 2.45) is 0 Å². The second-order valence-electron chi connectivity index (χ2n) is 5.50. The third-order valence-corrected chi connectivity index (χ3v) is 5.05. The number of aryl methyl sites for hydroxylation is 1. The van der Waals surface area contributed by atoms with Crippen LogP contribution >= 0.6 is 23.4 Å². The summed E-state index contributed by atoms with van der Waals surface area (Å²) in [6, 6.07) is 15.1. The quantitative estimate of drug-likeness (QED) is 0.585. The first-order valence-electron chi connectivity index (χ1n) is 7.86. The Balaban J connectivity index is 1.77. The van der Waals surface area contributed by atoms with Gasteiger partial charge in [0.05, 0.1) is 5.75 Å². The number of halogens is 1. The summed E-state index contributed by atoms with van der Waals surface area (Å²) in [5.41, 5.74) is 1.91. The van der Waals surface area contributed by atoms with E-state index in [1.807, 2.05) is 49.4 Å². The van der Waals surface area contributed by atoms with E-state index in [1.54, 1.807) is 13.0 Å². The zero-order valence-electron chi connectivity index (χ0n) is 14.1. The third-order valence-electron chi connectivity index (χ3n) is 3.53. The molecule has 1 atom stereocenters. The number of hydrogen-bond acceptors (Lipinski definition) is 4. The first-order chi connectivity index (χ1) is 12.0. The first kappa shape index (κ1) is 19.3. The highest BCUT2D eigenvalue weighted by molar-refractivity contribution is 8.00. The first-order valence-corrected chi connectivity index (χ1v) is 9.22. The molecule has 2 rings (SSSR count). The maximum Gasteiger partial charge on any atom is 0.317 e. The zero-order valence-corrected chi connectivity index (χ0v) is 15.7. The minimum Gasteiger partial charge on any atom is -0.452 e. The van der Waals surface area contributed by atoms with Crippen molar-refractivity contribution in [2.75, 3.05) is 5.75 Å². The van der Waals surface area contributed by atoms with Gasteiger partial charge in [0.25, 0.3) is 5.91 Å². The van der Waals surface area contributed by atoms with E-state index in [0.29, 0.717) is 11.6 Å². The fourth-order valence-electron chi connectivity index (χ4n) is 2.11. The highest BCUT2D eigenvalue weighted by Gasteiger charge is 2.18. The van der Waals surface area contributed by atoms with Crippen molar-refractivity contribution >= 4 is 35.2 Å². The molecule has 2 aromatic rings. The van der Waals surface area contributed by atoms with Crippen molar-refractivity contribution in [2.45, 2.75) is 31.4 Å². The molecule has 132 valence electrons. The molecule has 0 aliphatic carbocycles. The lowest BCUT2D eigenvalue weighted by atomic mass is 10.2. The summed E-state index contributed by atoms with van der Waals surface area (Å²) in [4.78, 5) is 25.0. The monoisotopic (exact) mass is 377 g/mol. The number of ether oxygens (including phenoxy) is 1. The normalized spacial score (nSPS) is 11.6. The minimum absolute atomic E-state index is 0.160. The van der Waals surface area contributed by atoms with Gasteiger partial charge in [0, 0.05) is 16.5 Å². The summed E-state index contributed by atoms with van der Waals surface area (Å²) in [7, 11) is 0. The summed E-state index contributed by atoms with van der Waals surface area (Å²) in [6.45, 7) is 3.83. The van der Waals surface area contributed by atoms with Gasteiger partial charge >= 0.3 is 5.97 Å². The minimum atomic E-state index is -0.854. The maximum atomic E-state index is 12.1. The van der Waals surface area contributed by atoms with Crippen LogP contribution in [0.2, 0.25) is 5.02 Å². The number of esters is 1. The maximum absolute atomic E-state index is 12.1. The van der Waals surface area contributed by atoms with Gasteiger partial charge in [-0.2, -0.15) is 0 Å². The highest BCUT2D eigenvalue weighted by atomic mass is 35.5. The lowest BCUT2D eigenvalue weighted by Crippen LogP contribution is -2.35. The fraction of sp³-hybridized carbons (Fsp3) is 0.263. The molecule has 0 bridgehead atoms. The second kappa shape index (κ2) is 9.49. The Morgan fingerprint density at radius 1 is 1.16 bits per heavy atom. The smallest absolute Gasteiger partial charge is 0.317 e. The predicted octanol–water partition coefficient (Wildman–Crippen LogP) is 3.99. The van der Waals surface area contributed by atoms with Crippen molar-refractivity contribution in [1.29, 1.82) is 0 Å². The molecule has 25 heavy (non-hydrogen) atoms. The van der Waals surface area contributed by atoms with Crippen LogP contribution in [0.25, 0.3) is 0 Å². The number of nitrogens with one attached hydrogen (secondary N) is 1. The van der Waals surface area contributed by atoms with Crippen molar-refractivity contribution in [1.82, 2.24) is 5.32 Å². The number of thioether (sulfide) groups is 1. The Labute approximate surface area is 156 Å². The molecule has 0 saturated carbocycles. The molecule has 0 saturated heterocycles. The van der Waals surface area contributed by atoms with Crippen molar-refractivity contribution in [3.8, 4) is 0 Å². The van der Waals surface area contributed by atoms with Crippen LogP contribution < -0.4 is 5.32 Å². The van der Waals surface area contributed by atoms with E-state index in [4.69, 9.17) is 16.3 Å². The van der Waals surface area contributed by atoms with Gasteiger partial charge in [0.15, 0.2) is 6.10 Å². The molecule has 0 aromatic heterocycles. The Morgan fingerprint density at radius 2 is 1.84 bits per heavy atom. The van der Waals surface area contributed by atoms with Crippen LogP contribution in [0.1, 0.15) is 18.1 Å². The molecule has 0 aliphatic heterocycles. The van der Waals surface area contributed by atoms with E-state index in [-0.39, 0.29) is 11.7 Å². The van der Waals surface area contributed by atoms with Gasteiger partial charge in [-0.3, -0.25) is 9.59 Å². The molecule has 0 heterocycles. The SMILES string of the molecule is Cc1ccccc1SCC(=O)O[C@H](C)C(=O)NCc1ccccc1Cl. The molecule has 1 amide bonds. The lowest BCUT2D eigenvalue weighted by Gasteiger charge is -2.14. The van der Waals surface area contributed by atoms with E-state index >= 15 is 0 Å². The van der Waals surface area contributed by atoms with Crippen molar-refractivity contribution in [3.63, 3.8) is 0 Å². The van der Waals surface area contributed by atoms with E-state index in [1.165, 1.54) is 11.8 Å². The summed E-state index contributed by atoms with van der Waals surface area (Å²) in [6.07, 6.45) is -0.854. The van der Waals surface area contributed by atoms with Gasteiger partial charge in [0.1, 0.15) is 0 Å². The van der Waals surface area contributed by atoms with Crippen LogP contribution in [0.5, 0.6) is 0 Å². The Morgan fingerprint density at radius 3 is 2.56 bits per heavy atom. The largest absolute Gasteiger partial charge is 0.452 e. The zero-order chi connectivity index (χ0) is 18.2. The number of carbonyl (C=O) groups excluding carboxylic acids is 2. The topological polar surface area (TPSA) is 55.4 Å².